The van der Waals surface area contributed by atoms with E-state index in [1.54, 1.807) is 24.3 Å². The maximum absolute atomic E-state index is 12.6. The minimum Gasteiger partial charge on any atom is -0.353 e. The summed E-state index contributed by atoms with van der Waals surface area (Å²) < 4.78 is 1.12. The van der Waals surface area contributed by atoms with Gasteiger partial charge in [0.05, 0.1) is 22.9 Å². The SMILES string of the molecule is CC(=O)c1ccc(Nc2cnn(-c3nc4ccccc4[nH]3)c(=O)c2Cl)cc1. The number of carbonyl (C=O) groups excluding carboxylic acids is 1. The molecule has 0 saturated heterocycles. The molecule has 0 radical (unpaired) electrons. The second-order valence-electron chi connectivity index (χ2n) is 5.93. The molecule has 0 aliphatic rings. The van der Waals surface area contributed by atoms with Gasteiger partial charge in [-0.3, -0.25) is 9.59 Å². The van der Waals surface area contributed by atoms with Gasteiger partial charge in [-0.1, -0.05) is 23.7 Å². The minimum absolute atomic E-state index is 0.0129. The number of anilines is 2. The smallest absolute Gasteiger partial charge is 0.295 e. The lowest BCUT2D eigenvalue weighted by Gasteiger charge is -2.09. The van der Waals surface area contributed by atoms with Crippen molar-refractivity contribution in [2.45, 2.75) is 6.92 Å². The highest BCUT2D eigenvalue weighted by molar-refractivity contribution is 6.33. The molecule has 0 spiro atoms. The van der Waals surface area contributed by atoms with Crippen LogP contribution in [-0.4, -0.2) is 25.5 Å². The Kier molecular flexibility index (Phi) is 4.21. The summed E-state index contributed by atoms with van der Waals surface area (Å²) in [5.41, 5.74) is 2.68. The zero-order valence-corrected chi connectivity index (χ0v) is 15.0. The number of aromatic amines is 1. The van der Waals surface area contributed by atoms with E-state index in [0.29, 0.717) is 22.9 Å². The molecule has 0 amide bonds. The second kappa shape index (κ2) is 6.69. The molecule has 0 bridgehead atoms. The number of H-pyrrole nitrogens is 1. The van der Waals surface area contributed by atoms with Gasteiger partial charge in [-0.05, 0) is 43.3 Å². The fourth-order valence-electron chi connectivity index (χ4n) is 2.65. The summed E-state index contributed by atoms with van der Waals surface area (Å²) in [6.07, 6.45) is 1.45. The highest BCUT2D eigenvalue weighted by Gasteiger charge is 2.13. The fourth-order valence-corrected chi connectivity index (χ4v) is 2.83. The third-order valence-corrected chi connectivity index (χ3v) is 4.43. The summed E-state index contributed by atoms with van der Waals surface area (Å²) >= 11 is 6.25. The van der Waals surface area contributed by atoms with Gasteiger partial charge in [-0.25, -0.2) is 4.98 Å². The largest absolute Gasteiger partial charge is 0.353 e. The lowest BCUT2D eigenvalue weighted by atomic mass is 10.1. The Morgan fingerprint density at radius 3 is 2.59 bits per heavy atom. The third kappa shape index (κ3) is 3.20. The number of nitrogens with zero attached hydrogens (tertiary/aromatic N) is 3. The number of nitrogens with one attached hydrogen (secondary N) is 2. The van der Waals surface area contributed by atoms with Crippen LogP contribution in [0.4, 0.5) is 11.4 Å². The molecule has 0 saturated carbocycles. The number of imidazole rings is 1. The molecule has 0 aliphatic heterocycles. The predicted octanol–water partition coefficient (Wildman–Crippen LogP) is 3.71. The van der Waals surface area contributed by atoms with Gasteiger partial charge in [-0.2, -0.15) is 9.78 Å². The first-order valence-corrected chi connectivity index (χ1v) is 8.52. The van der Waals surface area contributed by atoms with E-state index in [0.717, 1.165) is 15.7 Å². The topological polar surface area (TPSA) is 92.7 Å². The van der Waals surface area contributed by atoms with E-state index in [2.05, 4.69) is 20.4 Å². The van der Waals surface area contributed by atoms with Gasteiger partial charge in [0.25, 0.3) is 5.56 Å². The summed E-state index contributed by atoms with van der Waals surface area (Å²) in [4.78, 5) is 31.4. The maximum Gasteiger partial charge on any atom is 0.295 e. The number of ketones is 1. The molecule has 0 aliphatic carbocycles. The number of fused-ring (bicyclic) bond motifs is 1. The number of carbonyl (C=O) groups is 1. The second-order valence-corrected chi connectivity index (χ2v) is 6.30. The number of hydrogen-bond acceptors (Lipinski definition) is 5. The molecule has 2 heterocycles. The van der Waals surface area contributed by atoms with Crippen LogP contribution in [0.2, 0.25) is 5.02 Å². The number of Topliss-reactive ketones (excluding diaryl/α,β-unsaturated/α-hetero) is 1. The third-order valence-electron chi connectivity index (χ3n) is 4.07. The summed E-state index contributed by atoms with van der Waals surface area (Å²) in [5.74, 6) is 0.273. The van der Waals surface area contributed by atoms with Crippen molar-refractivity contribution >= 4 is 39.8 Å². The first-order chi connectivity index (χ1) is 13.0. The van der Waals surface area contributed by atoms with Crippen molar-refractivity contribution in [2.75, 3.05) is 5.32 Å². The van der Waals surface area contributed by atoms with Crippen molar-refractivity contribution in [1.29, 1.82) is 0 Å². The number of rotatable bonds is 4. The molecule has 8 heteroatoms. The number of hydrogen-bond donors (Lipinski definition) is 2. The number of para-hydroxylation sites is 2. The predicted molar refractivity (Wildman–Crippen MR) is 104 cm³/mol. The molecular formula is C19H14ClN5O2. The monoisotopic (exact) mass is 379 g/mol. The Morgan fingerprint density at radius 2 is 1.89 bits per heavy atom. The van der Waals surface area contributed by atoms with Crippen LogP contribution >= 0.6 is 11.6 Å². The maximum atomic E-state index is 12.6. The zero-order valence-electron chi connectivity index (χ0n) is 14.2. The summed E-state index contributed by atoms with van der Waals surface area (Å²) in [6, 6.07) is 14.3. The Balaban J connectivity index is 1.67. The first-order valence-electron chi connectivity index (χ1n) is 8.14. The van der Waals surface area contributed by atoms with Crippen LogP contribution in [0, 0.1) is 0 Å². The van der Waals surface area contributed by atoms with Crippen LogP contribution in [-0.2, 0) is 0 Å². The average molecular weight is 380 g/mol. The van der Waals surface area contributed by atoms with Crippen molar-refractivity contribution < 1.29 is 4.79 Å². The molecule has 7 nitrogen and oxygen atoms in total. The lowest BCUT2D eigenvalue weighted by molar-refractivity contribution is 0.101. The van der Waals surface area contributed by atoms with Crippen LogP contribution in [0.3, 0.4) is 0 Å². The average Bonchev–Trinajstić information content (AvgIpc) is 3.10. The Labute approximate surface area is 158 Å². The zero-order chi connectivity index (χ0) is 19.0. The van der Waals surface area contributed by atoms with E-state index in [1.165, 1.54) is 13.1 Å². The summed E-state index contributed by atoms with van der Waals surface area (Å²) in [5, 5.41) is 7.18. The van der Waals surface area contributed by atoms with Crippen molar-refractivity contribution in [1.82, 2.24) is 19.7 Å². The Morgan fingerprint density at radius 1 is 1.15 bits per heavy atom. The van der Waals surface area contributed by atoms with E-state index in [9.17, 15) is 9.59 Å². The minimum atomic E-state index is -0.499. The van der Waals surface area contributed by atoms with Crippen molar-refractivity contribution in [3.8, 4) is 5.95 Å². The van der Waals surface area contributed by atoms with E-state index >= 15 is 0 Å². The van der Waals surface area contributed by atoms with Gasteiger partial charge >= 0.3 is 0 Å². The molecular weight excluding hydrogens is 366 g/mol. The van der Waals surface area contributed by atoms with Crippen molar-refractivity contribution in [2.24, 2.45) is 0 Å². The van der Waals surface area contributed by atoms with Gasteiger partial charge in [0.1, 0.15) is 5.02 Å². The van der Waals surface area contributed by atoms with Crippen LogP contribution in [0.1, 0.15) is 17.3 Å². The van der Waals surface area contributed by atoms with Crippen LogP contribution in [0.15, 0.2) is 59.5 Å². The number of benzene rings is 2. The highest BCUT2D eigenvalue weighted by atomic mass is 35.5. The quantitative estimate of drug-likeness (QED) is 0.527. The van der Waals surface area contributed by atoms with E-state index in [4.69, 9.17) is 11.6 Å². The Hall–Kier alpha value is -3.45. The molecule has 0 atom stereocenters. The van der Waals surface area contributed by atoms with Crippen LogP contribution in [0.5, 0.6) is 0 Å². The highest BCUT2D eigenvalue weighted by Crippen LogP contribution is 2.22. The van der Waals surface area contributed by atoms with Crippen LogP contribution < -0.4 is 10.9 Å². The fraction of sp³-hybridized carbons (Fsp3) is 0.0526. The number of halogens is 1. The Bertz CT molecular complexity index is 1180. The van der Waals surface area contributed by atoms with Gasteiger partial charge in [0, 0.05) is 11.3 Å². The van der Waals surface area contributed by atoms with Crippen molar-refractivity contribution in [3.63, 3.8) is 0 Å². The van der Waals surface area contributed by atoms with Gasteiger partial charge in [-0.15, -0.1) is 0 Å². The molecule has 2 aromatic carbocycles. The van der Waals surface area contributed by atoms with E-state index < -0.39 is 5.56 Å². The molecule has 4 aromatic rings. The molecule has 0 fully saturated rings. The summed E-state index contributed by atoms with van der Waals surface area (Å²) in [7, 11) is 0. The van der Waals surface area contributed by atoms with Gasteiger partial charge in [0.15, 0.2) is 5.78 Å². The van der Waals surface area contributed by atoms with Crippen LogP contribution in [0.25, 0.3) is 17.0 Å². The van der Waals surface area contributed by atoms with Gasteiger partial charge < -0.3 is 10.3 Å². The molecule has 4 rings (SSSR count). The molecule has 2 aromatic heterocycles. The molecule has 2 N–H and O–H groups in total. The molecule has 134 valence electrons. The van der Waals surface area contributed by atoms with E-state index in [-0.39, 0.29) is 10.8 Å². The number of aromatic nitrogens is 4. The first kappa shape index (κ1) is 17.0. The van der Waals surface area contributed by atoms with Crippen molar-refractivity contribution in [3.05, 3.63) is 75.7 Å². The van der Waals surface area contributed by atoms with Gasteiger partial charge in [0.2, 0.25) is 5.95 Å². The summed E-state index contributed by atoms with van der Waals surface area (Å²) in [6.45, 7) is 1.50. The standard InChI is InChI=1S/C19H14ClN5O2/c1-11(26)12-6-8-13(9-7-12)22-16-10-21-25(18(27)17(16)20)19-23-14-4-2-3-5-15(14)24-19/h2-10,22H,1H3,(H,23,24). The molecule has 27 heavy (non-hydrogen) atoms. The van der Waals surface area contributed by atoms with E-state index in [1.807, 2.05) is 24.3 Å². The lowest BCUT2D eigenvalue weighted by Crippen LogP contribution is -2.23. The normalized spacial score (nSPS) is 10.9. The molecule has 0 unspecified atom stereocenters.